The average molecular weight is 791 g/mol. The van der Waals surface area contributed by atoms with Crippen molar-refractivity contribution in [1.82, 2.24) is 10.3 Å². The minimum Gasteiger partial charge on any atom is -0.321 e. The first kappa shape index (κ1) is 35.9. The Hall–Kier alpha value is -5.89. The molecule has 1 heterocycles. The Morgan fingerprint density at radius 2 is 1.46 bits per heavy atom. The van der Waals surface area contributed by atoms with Crippen LogP contribution in [-0.2, 0) is 9.59 Å². The van der Waals surface area contributed by atoms with Crippen LogP contribution in [0.3, 0.4) is 0 Å². The number of thiazole rings is 1. The fourth-order valence-corrected chi connectivity index (χ4v) is 6.99. The first-order valence-electron chi connectivity index (χ1n) is 15.7. The highest BCUT2D eigenvalue weighted by Crippen LogP contribution is 2.37. The lowest BCUT2D eigenvalue weighted by Crippen LogP contribution is -2.30. The van der Waals surface area contributed by atoms with Crippen molar-refractivity contribution in [3.63, 3.8) is 0 Å². The Balaban J connectivity index is 1.19. The number of hydrogen-bond acceptors (Lipinski definition) is 8. The summed E-state index contributed by atoms with van der Waals surface area (Å²) in [5.41, 5.74) is 2.93. The molecule has 0 aliphatic carbocycles. The van der Waals surface area contributed by atoms with E-state index in [-0.39, 0.29) is 22.9 Å². The van der Waals surface area contributed by atoms with E-state index in [0.717, 1.165) is 26.2 Å². The second-order valence-corrected chi connectivity index (χ2v) is 14.1. The molecule has 0 spiro atoms. The molecule has 6 aromatic rings. The third-order valence-electron chi connectivity index (χ3n) is 7.54. The molecule has 6 rings (SSSR count). The fraction of sp³-hybridized carbons (Fsp3) is 0.0256. The standard InChI is InChI=1S/C39H28BrN5O5S2/c40-29-17-15-25(16-18-29)33-24-51-39(43-33)44-38(48)35(26-9-3-1-4-10-26)52-31-21-19-30(20-22-31)41-37(47)32(42-36(46)27-11-5-2-6-12-27)23-28-13-7-8-14-34(28)45(49)50/h1-24,35H,(H,41,47)(H,42,46)(H,43,44,48)/b32-23-. The van der Waals surface area contributed by atoms with Crippen molar-refractivity contribution in [1.29, 1.82) is 0 Å². The summed E-state index contributed by atoms with van der Waals surface area (Å²) in [5, 5.41) is 21.7. The number of nitrogens with zero attached hydrogens (tertiary/aromatic N) is 2. The molecule has 5 aromatic carbocycles. The van der Waals surface area contributed by atoms with Crippen molar-refractivity contribution >= 4 is 79.3 Å². The van der Waals surface area contributed by atoms with Gasteiger partial charge in [-0.3, -0.25) is 24.5 Å². The van der Waals surface area contributed by atoms with Crippen LogP contribution in [0.1, 0.15) is 26.7 Å². The third-order valence-corrected chi connectivity index (χ3v) is 10.1. The van der Waals surface area contributed by atoms with E-state index in [2.05, 4.69) is 36.9 Å². The maximum absolute atomic E-state index is 13.7. The smallest absolute Gasteiger partial charge is 0.276 e. The van der Waals surface area contributed by atoms with E-state index < -0.39 is 22.0 Å². The molecule has 0 fully saturated rings. The van der Waals surface area contributed by atoms with Crippen LogP contribution in [0.25, 0.3) is 17.3 Å². The molecule has 0 radical (unpaired) electrons. The molecule has 0 aliphatic rings. The second-order valence-electron chi connectivity index (χ2n) is 11.1. The van der Waals surface area contributed by atoms with E-state index in [1.165, 1.54) is 47.4 Å². The molecule has 0 saturated heterocycles. The molecule has 13 heteroatoms. The lowest BCUT2D eigenvalue weighted by atomic mass is 10.1. The van der Waals surface area contributed by atoms with Crippen molar-refractivity contribution in [2.24, 2.45) is 0 Å². The minimum absolute atomic E-state index is 0.144. The van der Waals surface area contributed by atoms with Crippen LogP contribution in [0.15, 0.2) is 154 Å². The first-order chi connectivity index (χ1) is 25.2. The highest BCUT2D eigenvalue weighted by atomic mass is 79.9. The van der Waals surface area contributed by atoms with Crippen LogP contribution >= 0.6 is 39.0 Å². The number of para-hydroxylation sites is 1. The molecule has 0 bridgehead atoms. The van der Waals surface area contributed by atoms with Gasteiger partial charge in [-0.15, -0.1) is 23.1 Å². The topological polar surface area (TPSA) is 143 Å². The number of aromatic nitrogens is 1. The summed E-state index contributed by atoms with van der Waals surface area (Å²) in [6, 6.07) is 38.3. The van der Waals surface area contributed by atoms with E-state index in [1.54, 1.807) is 60.7 Å². The number of hydrogen-bond donors (Lipinski definition) is 3. The van der Waals surface area contributed by atoms with E-state index in [0.29, 0.717) is 16.4 Å². The van der Waals surface area contributed by atoms with Crippen molar-refractivity contribution in [3.05, 3.63) is 176 Å². The molecule has 3 N–H and O–H groups in total. The van der Waals surface area contributed by atoms with Crippen LogP contribution in [0, 0.1) is 10.1 Å². The molecule has 1 unspecified atom stereocenters. The summed E-state index contributed by atoms with van der Waals surface area (Å²) in [7, 11) is 0. The van der Waals surface area contributed by atoms with E-state index >= 15 is 0 Å². The average Bonchev–Trinajstić information content (AvgIpc) is 3.63. The van der Waals surface area contributed by atoms with Gasteiger partial charge in [0.25, 0.3) is 17.5 Å². The number of thioether (sulfide) groups is 1. The molecule has 0 aliphatic heterocycles. The van der Waals surface area contributed by atoms with E-state index in [9.17, 15) is 24.5 Å². The summed E-state index contributed by atoms with van der Waals surface area (Å²) in [4.78, 5) is 56.7. The van der Waals surface area contributed by atoms with Crippen LogP contribution in [0.4, 0.5) is 16.5 Å². The Kier molecular flexibility index (Phi) is 11.7. The number of benzene rings is 5. The van der Waals surface area contributed by atoms with Gasteiger partial charge in [0.05, 0.1) is 16.2 Å². The number of halogens is 1. The van der Waals surface area contributed by atoms with Gasteiger partial charge in [0.15, 0.2) is 5.13 Å². The zero-order valence-electron chi connectivity index (χ0n) is 27.1. The summed E-state index contributed by atoms with van der Waals surface area (Å²) < 4.78 is 0.962. The van der Waals surface area contributed by atoms with Gasteiger partial charge >= 0.3 is 0 Å². The summed E-state index contributed by atoms with van der Waals surface area (Å²) in [6.07, 6.45) is 1.27. The highest BCUT2D eigenvalue weighted by Gasteiger charge is 2.24. The van der Waals surface area contributed by atoms with E-state index in [1.807, 2.05) is 60.0 Å². The predicted molar refractivity (Wildman–Crippen MR) is 209 cm³/mol. The van der Waals surface area contributed by atoms with Gasteiger partial charge in [-0.25, -0.2) is 4.98 Å². The quantitative estimate of drug-likeness (QED) is 0.0485. The first-order valence-corrected chi connectivity index (χ1v) is 18.3. The normalized spacial score (nSPS) is 11.7. The molecule has 52 heavy (non-hydrogen) atoms. The second kappa shape index (κ2) is 16.9. The lowest BCUT2D eigenvalue weighted by molar-refractivity contribution is -0.385. The van der Waals surface area contributed by atoms with Crippen molar-refractivity contribution in [3.8, 4) is 11.3 Å². The zero-order chi connectivity index (χ0) is 36.5. The summed E-state index contributed by atoms with van der Waals surface area (Å²) >= 11 is 6.12. The fourth-order valence-electron chi connectivity index (χ4n) is 4.98. The van der Waals surface area contributed by atoms with Gasteiger partial charge in [-0.1, -0.05) is 88.7 Å². The van der Waals surface area contributed by atoms with Crippen LogP contribution in [-0.4, -0.2) is 27.6 Å². The number of carbonyl (C=O) groups is 3. The molecule has 3 amide bonds. The molecular formula is C39H28BrN5O5S2. The largest absolute Gasteiger partial charge is 0.321 e. The number of anilines is 2. The maximum atomic E-state index is 13.7. The number of amides is 3. The molecule has 1 aromatic heterocycles. The van der Waals surface area contributed by atoms with Crippen LogP contribution in [0.2, 0.25) is 0 Å². The third kappa shape index (κ3) is 9.26. The number of carbonyl (C=O) groups excluding carboxylic acids is 3. The van der Waals surface area contributed by atoms with Gasteiger partial charge < -0.3 is 16.0 Å². The van der Waals surface area contributed by atoms with Crippen molar-refractivity contribution in [2.75, 3.05) is 10.6 Å². The molecule has 10 nitrogen and oxygen atoms in total. The number of nitro groups is 1. The van der Waals surface area contributed by atoms with Gasteiger partial charge in [0, 0.05) is 37.6 Å². The number of nitro benzene ring substituents is 1. The molecule has 258 valence electrons. The SMILES string of the molecule is O=C(Nc1ccc(SC(C(=O)Nc2nc(-c3ccc(Br)cc3)cs2)c2ccccc2)cc1)/C(=C/c1ccccc1[N+](=O)[O-])NC(=O)c1ccccc1. The molecule has 1 atom stereocenters. The Morgan fingerprint density at radius 1 is 0.808 bits per heavy atom. The lowest BCUT2D eigenvalue weighted by Gasteiger charge is -2.17. The summed E-state index contributed by atoms with van der Waals surface area (Å²) in [6.45, 7) is 0. The highest BCUT2D eigenvalue weighted by molar-refractivity contribution is 9.10. The summed E-state index contributed by atoms with van der Waals surface area (Å²) in [5.74, 6) is -1.49. The van der Waals surface area contributed by atoms with Gasteiger partial charge in [0.2, 0.25) is 5.91 Å². The van der Waals surface area contributed by atoms with Crippen LogP contribution < -0.4 is 16.0 Å². The van der Waals surface area contributed by atoms with Gasteiger partial charge in [0.1, 0.15) is 10.9 Å². The Morgan fingerprint density at radius 3 is 2.15 bits per heavy atom. The number of rotatable bonds is 12. The Labute approximate surface area is 315 Å². The monoisotopic (exact) mass is 789 g/mol. The zero-order valence-corrected chi connectivity index (χ0v) is 30.3. The van der Waals surface area contributed by atoms with Crippen molar-refractivity contribution in [2.45, 2.75) is 10.1 Å². The van der Waals surface area contributed by atoms with Crippen LogP contribution in [0.5, 0.6) is 0 Å². The molecule has 0 saturated carbocycles. The van der Waals surface area contributed by atoms with Crippen molar-refractivity contribution < 1.29 is 19.3 Å². The minimum atomic E-state index is -0.685. The number of nitrogens with one attached hydrogen (secondary N) is 3. The predicted octanol–water partition coefficient (Wildman–Crippen LogP) is 9.36. The Bertz CT molecular complexity index is 2250. The van der Waals surface area contributed by atoms with Gasteiger partial charge in [-0.05, 0) is 66.2 Å². The van der Waals surface area contributed by atoms with E-state index in [4.69, 9.17) is 0 Å². The maximum Gasteiger partial charge on any atom is 0.276 e. The van der Waals surface area contributed by atoms with Gasteiger partial charge in [-0.2, -0.15) is 0 Å². The molecular weight excluding hydrogens is 762 g/mol.